The van der Waals surface area contributed by atoms with Crippen LogP contribution in [0.25, 0.3) is 0 Å². The summed E-state index contributed by atoms with van der Waals surface area (Å²) in [7, 11) is -3.60. The van der Waals surface area contributed by atoms with Crippen LogP contribution in [0.3, 0.4) is 0 Å². The quantitative estimate of drug-likeness (QED) is 0.398. The molecule has 3 atom stereocenters. The molecule has 0 radical (unpaired) electrons. The largest absolute Gasteiger partial charge is 0.431 e. The van der Waals surface area contributed by atoms with Crippen molar-refractivity contribution in [3.63, 3.8) is 0 Å². The first-order valence-corrected chi connectivity index (χ1v) is 10.4. The van der Waals surface area contributed by atoms with Crippen molar-refractivity contribution in [2.24, 2.45) is 5.92 Å². The predicted octanol–water partition coefficient (Wildman–Crippen LogP) is -0.335. The van der Waals surface area contributed by atoms with E-state index in [1.807, 2.05) is 4.72 Å². The van der Waals surface area contributed by atoms with Crippen molar-refractivity contribution in [1.29, 1.82) is 5.26 Å². The number of nitrogens with one attached hydrogen (secondary N) is 2. The van der Waals surface area contributed by atoms with E-state index in [0.717, 1.165) is 18.1 Å². The molecule has 2 aromatic rings. The van der Waals surface area contributed by atoms with Crippen LogP contribution >= 0.6 is 0 Å². The van der Waals surface area contributed by atoms with E-state index in [0.29, 0.717) is 6.42 Å². The second-order valence-corrected chi connectivity index (χ2v) is 8.13. The summed E-state index contributed by atoms with van der Waals surface area (Å²) in [5, 5.41) is 31.8. The van der Waals surface area contributed by atoms with Crippen LogP contribution < -0.4 is 10.0 Å². The van der Waals surface area contributed by atoms with Crippen LogP contribution in [-0.4, -0.2) is 59.5 Å². The van der Waals surface area contributed by atoms with E-state index in [2.05, 4.69) is 21.4 Å². The number of amides is 1. The van der Waals surface area contributed by atoms with E-state index in [1.165, 1.54) is 0 Å². The van der Waals surface area contributed by atoms with Gasteiger partial charge in [-0.25, -0.2) is 13.1 Å². The van der Waals surface area contributed by atoms with Gasteiger partial charge in [-0.2, -0.15) is 10.2 Å². The fourth-order valence-electron chi connectivity index (χ4n) is 2.44. The molecule has 0 fully saturated rings. The molecule has 29 heavy (non-hydrogen) atoms. The van der Waals surface area contributed by atoms with Crippen molar-refractivity contribution in [3.8, 4) is 6.07 Å². The zero-order valence-corrected chi connectivity index (χ0v) is 16.3. The summed E-state index contributed by atoms with van der Waals surface area (Å²) in [5.74, 6) is -1.26. The minimum absolute atomic E-state index is 0.0161. The van der Waals surface area contributed by atoms with E-state index < -0.39 is 34.1 Å². The van der Waals surface area contributed by atoms with Crippen LogP contribution in [0.15, 0.2) is 35.2 Å². The monoisotopic (exact) mass is 423 g/mol. The van der Waals surface area contributed by atoms with Gasteiger partial charge in [-0.3, -0.25) is 9.78 Å². The molecular formula is C17H21N5O6S. The number of hydrogen-bond donors (Lipinski definition) is 4. The van der Waals surface area contributed by atoms with Crippen LogP contribution in [0, 0.1) is 17.2 Å². The molecule has 1 amide bonds. The lowest BCUT2D eigenvalue weighted by molar-refractivity contribution is 0.00986. The molecule has 2 aromatic heterocycles. The fourth-order valence-corrected chi connectivity index (χ4v) is 2.85. The molecule has 0 aliphatic rings. The highest BCUT2D eigenvalue weighted by molar-refractivity contribution is 7.91. The van der Waals surface area contributed by atoms with Crippen molar-refractivity contribution in [2.45, 2.75) is 25.0 Å². The fraction of sp³-hybridized carbons (Fsp3) is 0.412. The van der Waals surface area contributed by atoms with Crippen molar-refractivity contribution in [2.75, 3.05) is 17.5 Å². The van der Waals surface area contributed by atoms with Gasteiger partial charge in [0.25, 0.3) is 5.91 Å². The molecule has 0 aromatic carbocycles. The van der Waals surface area contributed by atoms with Gasteiger partial charge in [-0.15, -0.1) is 0 Å². The Labute approximate surface area is 167 Å². The van der Waals surface area contributed by atoms with Gasteiger partial charge < -0.3 is 19.9 Å². The third kappa shape index (κ3) is 7.49. The Hall–Kier alpha value is -3.01. The number of nitrogens with zero attached hydrogens (tertiary/aromatic N) is 3. The summed E-state index contributed by atoms with van der Waals surface area (Å²) in [5.41, 5.74) is 0.677. The summed E-state index contributed by atoms with van der Waals surface area (Å²) in [6.45, 7) is -0.297. The average Bonchev–Trinajstić information content (AvgIpc) is 3.12. The average molecular weight is 423 g/mol. The smallest absolute Gasteiger partial charge is 0.309 e. The van der Waals surface area contributed by atoms with Crippen molar-refractivity contribution in [1.82, 2.24) is 15.3 Å². The Morgan fingerprint density at radius 1 is 1.31 bits per heavy atom. The number of aromatic nitrogens is 2. The number of nitriles is 1. The number of carbonyl (C=O) groups is 1. The van der Waals surface area contributed by atoms with Gasteiger partial charge in [0.2, 0.25) is 10.0 Å². The summed E-state index contributed by atoms with van der Waals surface area (Å²) in [6.07, 6.45) is 2.92. The van der Waals surface area contributed by atoms with Crippen molar-refractivity contribution >= 4 is 21.9 Å². The maximum atomic E-state index is 12.0. The Balaban J connectivity index is 1.83. The molecule has 4 N–H and O–H groups in total. The van der Waals surface area contributed by atoms with E-state index in [9.17, 15) is 28.7 Å². The molecule has 0 aliphatic heterocycles. The number of hydrogen-bond acceptors (Lipinski definition) is 9. The number of aliphatic hydroxyl groups excluding tert-OH is 2. The number of oxazole rings is 1. The molecule has 0 bridgehead atoms. The number of rotatable bonds is 10. The number of pyridine rings is 1. The van der Waals surface area contributed by atoms with Crippen LogP contribution in [0.1, 0.15) is 22.5 Å². The Morgan fingerprint density at radius 3 is 2.62 bits per heavy atom. The molecule has 12 heteroatoms. The second-order valence-electron chi connectivity index (χ2n) is 6.38. The number of sulfonamides is 1. The van der Waals surface area contributed by atoms with Gasteiger partial charge in [0.1, 0.15) is 6.26 Å². The Kier molecular flexibility index (Phi) is 7.66. The maximum Gasteiger partial charge on any atom is 0.309 e. The highest BCUT2D eigenvalue weighted by Crippen LogP contribution is 2.15. The Bertz CT molecular complexity index is 956. The standard InChI is InChI=1S/C17H21N5O6S/c1-29(26,27)22-17-21-13(10-28-17)16(25)20-9-15(24)14(23)7-12(8-18)6-11-2-4-19-5-3-11/h2-5,10,12,14-15,23-24H,6-7,9H2,1H3,(H,20,25)(H,21,22). The minimum Gasteiger partial charge on any atom is -0.431 e. The highest BCUT2D eigenvalue weighted by Gasteiger charge is 2.23. The van der Waals surface area contributed by atoms with Crippen LogP contribution in [0.4, 0.5) is 6.01 Å². The van der Waals surface area contributed by atoms with Crippen LogP contribution in [-0.2, 0) is 16.4 Å². The maximum absolute atomic E-state index is 12.0. The topological polar surface area (TPSA) is 178 Å². The molecule has 0 saturated heterocycles. The summed E-state index contributed by atoms with van der Waals surface area (Å²) < 4.78 is 29.0. The third-order valence-electron chi connectivity index (χ3n) is 3.87. The van der Waals surface area contributed by atoms with Crippen LogP contribution in [0.5, 0.6) is 0 Å². The van der Waals surface area contributed by atoms with Gasteiger partial charge in [0.05, 0.1) is 30.5 Å². The summed E-state index contributed by atoms with van der Waals surface area (Å²) >= 11 is 0. The predicted molar refractivity (Wildman–Crippen MR) is 101 cm³/mol. The molecule has 0 saturated carbocycles. The first-order valence-electron chi connectivity index (χ1n) is 8.54. The van der Waals surface area contributed by atoms with E-state index in [1.54, 1.807) is 24.5 Å². The van der Waals surface area contributed by atoms with E-state index >= 15 is 0 Å². The SMILES string of the molecule is CS(=O)(=O)Nc1nc(C(=O)NCC(O)C(O)CC(C#N)Cc2ccncc2)co1. The normalized spacial score (nSPS) is 14.4. The summed E-state index contributed by atoms with van der Waals surface area (Å²) in [4.78, 5) is 19.6. The van der Waals surface area contributed by atoms with Crippen molar-refractivity contribution < 1.29 is 27.8 Å². The molecule has 2 heterocycles. The second kappa shape index (κ2) is 9.97. The minimum atomic E-state index is -3.60. The van der Waals surface area contributed by atoms with Gasteiger partial charge in [-0.1, -0.05) is 0 Å². The molecule has 0 spiro atoms. The molecule has 11 nitrogen and oxygen atoms in total. The van der Waals surface area contributed by atoms with E-state index in [-0.39, 0.29) is 24.7 Å². The lowest BCUT2D eigenvalue weighted by Gasteiger charge is -2.20. The zero-order valence-electron chi connectivity index (χ0n) is 15.5. The molecule has 2 rings (SSSR count). The molecule has 3 unspecified atom stereocenters. The van der Waals surface area contributed by atoms with E-state index in [4.69, 9.17) is 4.42 Å². The van der Waals surface area contributed by atoms with Gasteiger partial charge >= 0.3 is 6.01 Å². The van der Waals surface area contributed by atoms with Gasteiger partial charge in [-0.05, 0) is 30.5 Å². The number of anilines is 1. The highest BCUT2D eigenvalue weighted by atomic mass is 32.2. The molecule has 156 valence electrons. The lowest BCUT2D eigenvalue weighted by Crippen LogP contribution is -2.40. The third-order valence-corrected chi connectivity index (χ3v) is 4.41. The van der Waals surface area contributed by atoms with Crippen LogP contribution in [0.2, 0.25) is 0 Å². The first kappa shape index (κ1) is 22.3. The molecular weight excluding hydrogens is 402 g/mol. The van der Waals surface area contributed by atoms with Gasteiger partial charge in [0, 0.05) is 18.9 Å². The number of aliphatic hydroxyl groups is 2. The summed E-state index contributed by atoms with van der Waals surface area (Å²) in [6, 6.07) is 5.25. The molecule has 0 aliphatic carbocycles. The first-order chi connectivity index (χ1) is 13.7. The van der Waals surface area contributed by atoms with Gasteiger partial charge in [0.15, 0.2) is 5.69 Å². The zero-order chi connectivity index (χ0) is 21.4. The lowest BCUT2D eigenvalue weighted by atomic mass is 9.93. The number of carbonyl (C=O) groups excluding carboxylic acids is 1. The Morgan fingerprint density at radius 2 is 2.00 bits per heavy atom. The van der Waals surface area contributed by atoms with Crippen molar-refractivity contribution in [3.05, 3.63) is 42.0 Å².